The molecule has 1 saturated carbocycles. The van der Waals surface area contributed by atoms with Crippen LogP contribution in [-0.2, 0) is 4.74 Å². The predicted molar refractivity (Wildman–Crippen MR) is 70.1 cm³/mol. The number of anilines is 1. The average Bonchev–Trinajstić information content (AvgIpc) is 2.85. The predicted octanol–water partition coefficient (Wildman–Crippen LogP) is 2.81. The van der Waals surface area contributed by atoms with Gasteiger partial charge in [-0.25, -0.2) is 4.98 Å². The summed E-state index contributed by atoms with van der Waals surface area (Å²) >= 11 is 1.05. The van der Waals surface area contributed by atoms with Crippen LogP contribution in [0.2, 0.25) is 0 Å². The fourth-order valence-electron chi connectivity index (χ4n) is 2.05. The second-order valence-corrected chi connectivity index (χ2v) is 5.33. The van der Waals surface area contributed by atoms with Gasteiger partial charge in [-0.15, -0.1) is 0 Å². The van der Waals surface area contributed by atoms with Gasteiger partial charge < -0.3 is 10.1 Å². The minimum Gasteiger partial charge on any atom is -0.376 e. The Kier molecular flexibility index (Phi) is 4.89. The van der Waals surface area contributed by atoms with E-state index in [9.17, 15) is 10.1 Å². The van der Waals surface area contributed by atoms with E-state index in [2.05, 4.69) is 10.3 Å². The van der Waals surface area contributed by atoms with Gasteiger partial charge in [0.25, 0.3) is 0 Å². The van der Waals surface area contributed by atoms with E-state index >= 15 is 0 Å². The highest BCUT2D eigenvalue weighted by atomic mass is 32.1. The Morgan fingerprint density at radius 3 is 2.94 bits per heavy atom. The van der Waals surface area contributed by atoms with E-state index in [4.69, 9.17) is 4.74 Å². The molecule has 18 heavy (non-hydrogen) atoms. The van der Waals surface area contributed by atoms with E-state index in [-0.39, 0.29) is 5.00 Å². The van der Waals surface area contributed by atoms with Gasteiger partial charge in [0.15, 0.2) is 5.13 Å². The molecule has 100 valence electrons. The molecule has 0 unspecified atom stereocenters. The van der Waals surface area contributed by atoms with E-state index in [1.165, 1.54) is 25.5 Å². The first-order valence-electron chi connectivity index (χ1n) is 6.21. The van der Waals surface area contributed by atoms with Crippen LogP contribution in [0.3, 0.4) is 0 Å². The lowest BCUT2D eigenvalue weighted by Gasteiger charge is -2.21. The molecule has 0 atom stereocenters. The fourth-order valence-corrected chi connectivity index (χ4v) is 2.70. The van der Waals surface area contributed by atoms with Crippen molar-refractivity contribution in [3.8, 4) is 0 Å². The molecule has 0 amide bonds. The van der Waals surface area contributed by atoms with Crippen molar-refractivity contribution < 1.29 is 9.66 Å². The first-order chi connectivity index (χ1) is 8.75. The molecule has 1 N–H and O–H groups in total. The van der Waals surface area contributed by atoms with Gasteiger partial charge in [-0.3, -0.25) is 10.1 Å². The van der Waals surface area contributed by atoms with E-state index < -0.39 is 4.92 Å². The number of ether oxygens (including phenoxy) is 1. The summed E-state index contributed by atoms with van der Waals surface area (Å²) in [4.78, 5) is 14.0. The van der Waals surface area contributed by atoms with E-state index in [0.717, 1.165) is 24.2 Å². The van der Waals surface area contributed by atoms with Gasteiger partial charge >= 0.3 is 5.00 Å². The number of aromatic nitrogens is 1. The van der Waals surface area contributed by atoms with Crippen LogP contribution in [0.1, 0.15) is 32.1 Å². The van der Waals surface area contributed by atoms with E-state index in [0.29, 0.717) is 24.4 Å². The highest BCUT2D eigenvalue weighted by molar-refractivity contribution is 7.18. The standard InChI is InChI=1S/C11H17N3O3S/c15-14(16)10-8-13-11(18-10)12-6-7-17-9-4-2-1-3-5-9/h8-9H,1-7H2,(H,12,13). The summed E-state index contributed by atoms with van der Waals surface area (Å²) in [6, 6.07) is 0. The Morgan fingerprint density at radius 2 is 2.28 bits per heavy atom. The van der Waals surface area contributed by atoms with Crippen molar-refractivity contribution in [2.75, 3.05) is 18.5 Å². The third-order valence-corrected chi connectivity index (χ3v) is 3.86. The number of thiazole rings is 1. The monoisotopic (exact) mass is 271 g/mol. The Labute approximate surface area is 110 Å². The Bertz CT molecular complexity index is 391. The smallest absolute Gasteiger partial charge is 0.345 e. The summed E-state index contributed by atoms with van der Waals surface area (Å²) in [6.45, 7) is 1.26. The van der Waals surface area contributed by atoms with Crippen LogP contribution in [0.5, 0.6) is 0 Å². The zero-order valence-corrected chi connectivity index (χ0v) is 10.9. The lowest BCUT2D eigenvalue weighted by molar-refractivity contribution is -0.380. The highest BCUT2D eigenvalue weighted by Crippen LogP contribution is 2.24. The normalized spacial score (nSPS) is 16.7. The maximum Gasteiger partial charge on any atom is 0.345 e. The summed E-state index contributed by atoms with van der Waals surface area (Å²) in [5.74, 6) is 0. The first-order valence-corrected chi connectivity index (χ1v) is 7.03. The van der Waals surface area contributed by atoms with Gasteiger partial charge in [0, 0.05) is 6.54 Å². The highest BCUT2D eigenvalue weighted by Gasteiger charge is 2.14. The lowest BCUT2D eigenvalue weighted by atomic mass is 9.98. The molecule has 0 bridgehead atoms. The van der Waals surface area contributed by atoms with Gasteiger partial charge in [0.05, 0.1) is 17.6 Å². The van der Waals surface area contributed by atoms with Crippen LogP contribution >= 0.6 is 11.3 Å². The molecule has 1 aliphatic rings. The number of nitro groups is 1. The van der Waals surface area contributed by atoms with Crippen LogP contribution in [0.15, 0.2) is 6.20 Å². The second-order valence-electron chi connectivity index (χ2n) is 4.32. The molecular weight excluding hydrogens is 254 g/mol. The molecule has 1 aromatic heterocycles. The van der Waals surface area contributed by atoms with Crippen LogP contribution in [0.4, 0.5) is 10.1 Å². The SMILES string of the molecule is O=[N+]([O-])c1cnc(NCCOC2CCCCC2)s1. The summed E-state index contributed by atoms with van der Waals surface area (Å²) < 4.78 is 5.74. The van der Waals surface area contributed by atoms with Crippen molar-refractivity contribution in [1.29, 1.82) is 0 Å². The Hall–Kier alpha value is -1.21. The molecule has 0 spiro atoms. The van der Waals surface area contributed by atoms with E-state index in [1.54, 1.807) is 0 Å². The quantitative estimate of drug-likeness (QED) is 0.489. The van der Waals surface area contributed by atoms with Gasteiger partial charge in [-0.2, -0.15) is 0 Å². The van der Waals surface area contributed by atoms with Crippen LogP contribution in [0.25, 0.3) is 0 Å². The van der Waals surface area contributed by atoms with Crippen molar-refractivity contribution in [2.24, 2.45) is 0 Å². The molecule has 0 saturated heterocycles. The Balaban J connectivity index is 1.63. The maximum absolute atomic E-state index is 10.5. The van der Waals surface area contributed by atoms with Crippen molar-refractivity contribution in [3.63, 3.8) is 0 Å². The molecule has 7 heteroatoms. The molecule has 1 aliphatic carbocycles. The molecule has 6 nitrogen and oxygen atoms in total. The molecule has 1 aromatic rings. The number of hydrogen-bond acceptors (Lipinski definition) is 6. The van der Waals surface area contributed by atoms with Gasteiger partial charge in [0.2, 0.25) is 0 Å². The summed E-state index contributed by atoms with van der Waals surface area (Å²) in [5, 5.41) is 14.2. The van der Waals surface area contributed by atoms with Crippen LogP contribution in [-0.4, -0.2) is 29.2 Å². The van der Waals surface area contributed by atoms with Crippen LogP contribution in [0, 0.1) is 10.1 Å². The summed E-state index contributed by atoms with van der Waals surface area (Å²) in [5.41, 5.74) is 0. The van der Waals surface area contributed by atoms with Crippen molar-refractivity contribution in [2.45, 2.75) is 38.2 Å². The van der Waals surface area contributed by atoms with Gasteiger partial charge in [-0.1, -0.05) is 19.3 Å². The zero-order chi connectivity index (χ0) is 12.8. The molecule has 1 fully saturated rings. The minimum atomic E-state index is -0.429. The topological polar surface area (TPSA) is 77.3 Å². The zero-order valence-electron chi connectivity index (χ0n) is 10.1. The van der Waals surface area contributed by atoms with E-state index in [1.807, 2.05) is 0 Å². The molecular formula is C11H17N3O3S. The molecule has 1 heterocycles. The summed E-state index contributed by atoms with van der Waals surface area (Å²) in [6.07, 6.45) is 7.82. The number of rotatable bonds is 6. The molecule has 0 aromatic carbocycles. The van der Waals surface area contributed by atoms with Gasteiger partial charge in [0.1, 0.15) is 6.20 Å². The van der Waals surface area contributed by atoms with Crippen molar-refractivity contribution in [1.82, 2.24) is 4.98 Å². The maximum atomic E-state index is 10.5. The second kappa shape index (κ2) is 6.65. The van der Waals surface area contributed by atoms with Crippen molar-refractivity contribution in [3.05, 3.63) is 16.3 Å². The van der Waals surface area contributed by atoms with Crippen LogP contribution < -0.4 is 5.32 Å². The summed E-state index contributed by atoms with van der Waals surface area (Å²) in [7, 11) is 0. The minimum absolute atomic E-state index is 0.0608. The van der Waals surface area contributed by atoms with Crippen molar-refractivity contribution >= 4 is 21.5 Å². The number of hydrogen-bond donors (Lipinski definition) is 1. The fraction of sp³-hybridized carbons (Fsp3) is 0.727. The number of nitrogens with zero attached hydrogens (tertiary/aromatic N) is 2. The third kappa shape index (κ3) is 3.92. The molecule has 0 aliphatic heterocycles. The number of nitrogens with one attached hydrogen (secondary N) is 1. The van der Waals surface area contributed by atoms with Gasteiger partial charge in [-0.05, 0) is 24.2 Å². The molecule has 2 rings (SSSR count). The molecule has 0 radical (unpaired) electrons. The largest absolute Gasteiger partial charge is 0.376 e. The third-order valence-electron chi connectivity index (χ3n) is 2.96. The first kappa shape index (κ1) is 13.2. The average molecular weight is 271 g/mol. The Morgan fingerprint density at radius 1 is 1.50 bits per heavy atom. The lowest BCUT2D eigenvalue weighted by Crippen LogP contribution is -2.20.